The Hall–Kier alpha value is -1.20. The van der Waals surface area contributed by atoms with Crippen LogP contribution in [0.25, 0.3) is 0 Å². The van der Waals surface area contributed by atoms with E-state index in [0.29, 0.717) is 10.9 Å². The van der Waals surface area contributed by atoms with Crippen molar-refractivity contribution in [3.63, 3.8) is 0 Å². The lowest BCUT2D eigenvalue weighted by atomic mass is 10.1. The van der Waals surface area contributed by atoms with Crippen LogP contribution in [0.3, 0.4) is 0 Å². The smallest absolute Gasteiger partial charge is 0.419 e. The first-order valence-electron chi connectivity index (χ1n) is 5.60. The van der Waals surface area contributed by atoms with Crippen molar-refractivity contribution < 1.29 is 17.9 Å². The van der Waals surface area contributed by atoms with Gasteiger partial charge in [-0.15, -0.1) is 0 Å². The number of benzene rings is 2. The Bertz CT molecular complexity index is 614. The normalized spacial score (nSPS) is 11.4. The second-order valence-corrected chi connectivity index (χ2v) is 4.96. The van der Waals surface area contributed by atoms with Crippen molar-refractivity contribution in [2.45, 2.75) is 11.5 Å². The highest BCUT2D eigenvalue weighted by atomic mass is 79.9. The average Bonchev–Trinajstić information content (AvgIpc) is 2.40. The van der Waals surface area contributed by atoms with Crippen molar-refractivity contribution in [2.24, 2.45) is 0 Å². The summed E-state index contributed by atoms with van der Waals surface area (Å²) in [6.07, 6.45) is -4.49. The van der Waals surface area contributed by atoms with Crippen LogP contribution in [0.1, 0.15) is 11.1 Å². The predicted molar refractivity (Wildman–Crippen MR) is 75.6 cm³/mol. The van der Waals surface area contributed by atoms with E-state index in [1.165, 1.54) is 12.1 Å². The van der Waals surface area contributed by atoms with Gasteiger partial charge >= 0.3 is 6.18 Å². The molecular weight excluding hydrogens is 357 g/mol. The lowest BCUT2D eigenvalue weighted by Gasteiger charge is -2.15. The molecule has 0 unspecified atom stereocenters. The molecule has 0 saturated heterocycles. The molecule has 0 radical (unpaired) electrons. The largest absolute Gasteiger partial charge is 0.455 e. The van der Waals surface area contributed by atoms with E-state index in [2.05, 4.69) is 15.9 Å². The molecule has 0 bridgehead atoms. The van der Waals surface area contributed by atoms with Gasteiger partial charge in [0.2, 0.25) is 0 Å². The first-order valence-corrected chi connectivity index (χ1v) is 7.10. The van der Waals surface area contributed by atoms with Gasteiger partial charge in [-0.25, -0.2) is 0 Å². The van der Waals surface area contributed by atoms with Crippen LogP contribution in [0.5, 0.6) is 11.5 Å². The Morgan fingerprint density at radius 2 is 1.75 bits per heavy atom. The van der Waals surface area contributed by atoms with Gasteiger partial charge in [-0.2, -0.15) is 13.2 Å². The second kappa shape index (κ2) is 6.06. The number of alkyl halides is 4. The van der Waals surface area contributed by atoms with Gasteiger partial charge in [0.05, 0.1) is 10.6 Å². The quantitative estimate of drug-likeness (QED) is 0.602. The minimum Gasteiger partial charge on any atom is -0.455 e. The summed E-state index contributed by atoms with van der Waals surface area (Å²) in [6, 6.07) is 10.3. The number of ether oxygens (including phenoxy) is 1. The zero-order valence-corrected chi connectivity index (χ0v) is 12.4. The minimum atomic E-state index is -4.49. The van der Waals surface area contributed by atoms with Crippen LogP contribution < -0.4 is 4.74 Å². The number of para-hydroxylation sites is 1. The van der Waals surface area contributed by atoms with Gasteiger partial charge in [0.15, 0.2) is 0 Å². The number of hydrogen-bond acceptors (Lipinski definition) is 1. The van der Waals surface area contributed by atoms with Crippen molar-refractivity contribution in [2.75, 3.05) is 0 Å². The second-order valence-electron chi connectivity index (χ2n) is 3.99. The molecular formula is C14H9BrClF3O. The molecule has 0 saturated carbocycles. The maximum absolute atomic E-state index is 13.0. The first kappa shape index (κ1) is 15.2. The van der Waals surface area contributed by atoms with E-state index in [4.69, 9.17) is 16.3 Å². The van der Waals surface area contributed by atoms with Crippen LogP contribution >= 0.6 is 27.5 Å². The van der Waals surface area contributed by atoms with Crippen molar-refractivity contribution in [3.8, 4) is 11.5 Å². The van der Waals surface area contributed by atoms with Crippen LogP contribution in [0.4, 0.5) is 13.2 Å². The highest BCUT2D eigenvalue weighted by Crippen LogP contribution is 2.40. The summed E-state index contributed by atoms with van der Waals surface area (Å²) >= 11 is 9.02. The predicted octanol–water partition coefficient (Wildman–Crippen LogP) is 6.05. The molecule has 0 atom stereocenters. The van der Waals surface area contributed by atoms with Crippen LogP contribution in [0.2, 0.25) is 5.02 Å². The van der Waals surface area contributed by atoms with Crippen LogP contribution in [0, 0.1) is 0 Å². The Kier molecular flexibility index (Phi) is 4.60. The van der Waals surface area contributed by atoms with Gasteiger partial charge in [0, 0.05) is 5.33 Å². The highest BCUT2D eigenvalue weighted by Gasteiger charge is 2.35. The third-order valence-corrected chi connectivity index (χ3v) is 3.52. The fraction of sp³-hybridized carbons (Fsp3) is 0.143. The summed E-state index contributed by atoms with van der Waals surface area (Å²) in [5.41, 5.74) is -0.307. The number of halogens is 5. The van der Waals surface area contributed by atoms with Gasteiger partial charge in [-0.1, -0.05) is 45.7 Å². The van der Waals surface area contributed by atoms with E-state index in [9.17, 15) is 13.2 Å². The summed E-state index contributed by atoms with van der Waals surface area (Å²) in [5, 5.41) is 0.591. The Labute approximate surface area is 127 Å². The number of rotatable bonds is 3. The van der Waals surface area contributed by atoms with Crippen LogP contribution in [0.15, 0.2) is 42.5 Å². The maximum Gasteiger partial charge on any atom is 0.419 e. The molecule has 20 heavy (non-hydrogen) atoms. The first-order chi connectivity index (χ1) is 9.41. The monoisotopic (exact) mass is 364 g/mol. The molecule has 0 N–H and O–H groups in total. The number of hydrogen-bond donors (Lipinski definition) is 0. The molecule has 1 nitrogen and oxygen atoms in total. The Morgan fingerprint density at radius 3 is 2.35 bits per heavy atom. The van der Waals surface area contributed by atoms with Crippen molar-refractivity contribution in [3.05, 3.63) is 58.6 Å². The van der Waals surface area contributed by atoms with E-state index in [-0.39, 0.29) is 16.5 Å². The molecule has 6 heteroatoms. The summed E-state index contributed by atoms with van der Waals surface area (Å²) in [5.74, 6) is -0.0819. The van der Waals surface area contributed by atoms with Gasteiger partial charge in [-0.05, 0) is 29.8 Å². The third kappa shape index (κ3) is 3.46. The van der Waals surface area contributed by atoms with Crippen molar-refractivity contribution >= 4 is 27.5 Å². The maximum atomic E-state index is 13.0. The lowest BCUT2D eigenvalue weighted by molar-refractivity contribution is -0.138. The topological polar surface area (TPSA) is 9.23 Å². The molecule has 0 aliphatic heterocycles. The van der Waals surface area contributed by atoms with E-state index in [1.54, 1.807) is 24.3 Å². The zero-order valence-electron chi connectivity index (χ0n) is 10.0. The van der Waals surface area contributed by atoms with Gasteiger partial charge < -0.3 is 4.74 Å². The molecule has 106 valence electrons. The fourth-order valence-corrected chi connectivity index (χ4v) is 2.14. The summed E-state index contributed by atoms with van der Waals surface area (Å²) in [7, 11) is 0. The Morgan fingerprint density at radius 1 is 1.05 bits per heavy atom. The summed E-state index contributed by atoms with van der Waals surface area (Å²) in [6.45, 7) is 0. The fourth-order valence-electron chi connectivity index (χ4n) is 1.62. The molecule has 0 amide bonds. The third-order valence-electron chi connectivity index (χ3n) is 2.56. The molecule has 0 spiro atoms. The molecule has 0 aromatic heterocycles. The standard InChI is InChI=1S/C14H9BrClF3O/c15-8-9-5-6-12(10(7-9)14(17,18)19)20-13-4-2-1-3-11(13)16/h1-7H,8H2. The van der Waals surface area contributed by atoms with E-state index < -0.39 is 11.7 Å². The van der Waals surface area contributed by atoms with E-state index in [0.717, 1.165) is 6.07 Å². The van der Waals surface area contributed by atoms with Crippen molar-refractivity contribution in [1.29, 1.82) is 0 Å². The molecule has 2 aromatic carbocycles. The van der Waals surface area contributed by atoms with Gasteiger partial charge in [0.25, 0.3) is 0 Å². The molecule has 0 fully saturated rings. The van der Waals surface area contributed by atoms with E-state index >= 15 is 0 Å². The Balaban J connectivity index is 2.44. The molecule has 0 aliphatic carbocycles. The van der Waals surface area contributed by atoms with E-state index in [1.807, 2.05) is 0 Å². The average molecular weight is 366 g/mol. The minimum absolute atomic E-state index is 0.186. The molecule has 0 aliphatic rings. The highest BCUT2D eigenvalue weighted by molar-refractivity contribution is 9.08. The summed E-state index contributed by atoms with van der Waals surface area (Å²) < 4.78 is 44.4. The molecule has 2 rings (SSSR count). The van der Waals surface area contributed by atoms with Crippen LogP contribution in [-0.4, -0.2) is 0 Å². The molecule has 2 aromatic rings. The zero-order chi connectivity index (χ0) is 14.8. The lowest BCUT2D eigenvalue weighted by Crippen LogP contribution is -2.08. The molecule has 0 heterocycles. The SMILES string of the molecule is FC(F)(F)c1cc(CBr)ccc1Oc1ccccc1Cl. The van der Waals surface area contributed by atoms with Crippen LogP contribution in [-0.2, 0) is 11.5 Å². The summed E-state index contributed by atoms with van der Waals surface area (Å²) in [4.78, 5) is 0. The van der Waals surface area contributed by atoms with Gasteiger partial charge in [0.1, 0.15) is 11.5 Å². The van der Waals surface area contributed by atoms with Gasteiger partial charge in [-0.3, -0.25) is 0 Å². The van der Waals surface area contributed by atoms with Crippen molar-refractivity contribution in [1.82, 2.24) is 0 Å².